The molecule has 25 heavy (non-hydrogen) atoms. The summed E-state index contributed by atoms with van der Waals surface area (Å²) in [6.07, 6.45) is 1.52. The van der Waals surface area contributed by atoms with Gasteiger partial charge in [-0.1, -0.05) is 50.2 Å². The molecule has 0 spiro atoms. The van der Waals surface area contributed by atoms with Gasteiger partial charge in [-0.25, -0.2) is 5.43 Å². The van der Waals surface area contributed by atoms with E-state index in [1.807, 2.05) is 24.3 Å². The molecule has 0 heterocycles. The lowest BCUT2D eigenvalue weighted by Gasteiger charge is -2.05. The van der Waals surface area contributed by atoms with Gasteiger partial charge >= 0.3 is 5.69 Å². The smallest absolute Gasteiger partial charge is 0.310 e. The summed E-state index contributed by atoms with van der Waals surface area (Å²) in [5.74, 6) is -0.0195. The van der Waals surface area contributed by atoms with Gasteiger partial charge in [-0.2, -0.15) is 5.10 Å². The van der Waals surface area contributed by atoms with Crippen LogP contribution in [0.4, 0.5) is 5.69 Å². The summed E-state index contributed by atoms with van der Waals surface area (Å²) in [4.78, 5) is 22.0. The van der Waals surface area contributed by atoms with Crippen LogP contribution in [0.2, 0.25) is 0 Å². The number of carbonyl (C=O) groups excluding carboxylic acids is 1. The number of hydrazone groups is 1. The first-order chi connectivity index (χ1) is 12.0. The van der Waals surface area contributed by atoms with Crippen molar-refractivity contribution in [2.75, 3.05) is 6.61 Å². The zero-order valence-corrected chi connectivity index (χ0v) is 14.0. The lowest BCUT2D eigenvalue weighted by molar-refractivity contribution is -0.385. The summed E-state index contributed by atoms with van der Waals surface area (Å²) in [5.41, 5.74) is 4.20. The zero-order valence-electron chi connectivity index (χ0n) is 14.0. The molecule has 0 aliphatic rings. The third kappa shape index (κ3) is 5.42. The average molecular weight is 341 g/mol. The molecule has 2 aromatic rings. The van der Waals surface area contributed by atoms with Crippen LogP contribution >= 0.6 is 0 Å². The summed E-state index contributed by atoms with van der Waals surface area (Å²) >= 11 is 0. The largest absolute Gasteiger partial charge is 0.477 e. The standard InChI is InChI=1S/C18H19N3O4/c1-13(2)15-9-7-14(8-10-15)11-19-20-18(22)12-25-17-6-4-3-5-16(17)21(23)24/h3-11,13H,12H2,1-2H3,(H,20,22)/b19-11+. The number of benzene rings is 2. The highest BCUT2D eigenvalue weighted by molar-refractivity contribution is 5.83. The van der Waals surface area contributed by atoms with E-state index in [9.17, 15) is 14.9 Å². The van der Waals surface area contributed by atoms with E-state index in [1.165, 1.54) is 30.0 Å². The summed E-state index contributed by atoms with van der Waals surface area (Å²) in [5, 5.41) is 14.7. The molecule has 0 saturated carbocycles. The van der Waals surface area contributed by atoms with E-state index in [-0.39, 0.29) is 18.0 Å². The Morgan fingerprint density at radius 3 is 2.56 bits per heavy atom. The first-order valence-electron chi connectivity index (χ1n) is 7.75. The van der Waals surface area contributed by atoms with Crippen LogP contribution in [-0.2, 0) is 4.79 Å². The Bertz CT molecular complexity index is 770. The molecule has 0 saturated heterocycles. The molecule has 2 aromatic carbocycles. The van der Waals surface area contributed by atoms with E-state index < -0.39 is 10.8 Å². The van der Waals surface area contributed by atoms with Crippen molar-refractivity contribution in [1.29, 1.82) is 0 Å². The van der Waals surface area contributed by atoms with Crippen LogP contribution in [0.3, 0.4) is 0 Å². The van der Waals surface area contributed by atoms with Crippen LogP contribution in [0.1, 0.15) is 30.9 Å². The minimum atomic E-state index is -0.563. The number of carbonyl (C=O) groups is 1. The fraction of sp³-hybridized carbons (Fsp3) is 0.222. The molecule has 0 aliphatic carbocycles. The van der Waals surface area contributed by atoms with Crippen molar-refractivity contribution in [2.24, 2.45) is 5.10 Å². The number of rotatable bonds is 7. The monoisotopic (exact) mass is 341 g/mol. The molecule has 0 bridgehead atoms. The molecular weight excluding hydrogens is 322 g/mol. The van der Waals surface area contributed by atoms with Crippen LogP contribution < -0.4 is 10.2 Å². The maximum atomic E-state index is 11.7. The van der Waals surface area contributed by atoms with Gasteiger partial charge in [0, 0.05) is 6.07 Å². The molecule has 0 fully saturated rings. The van der Waals surface area contributed by atoms with Gasteiger partial charge in [-0.05, 0) is 23.1 Å². The number of hydrogen-bond acceptors (Lipinski definition) is 5. The van der Waals surface area contributed by atoms with Gasteiger partial charge < -0.3 is 4.74 Å². The highest BCUT2D eigenvalue weighted by atomic mass is 16.6. The van der Waals surface area contributed by atoms with Gasteiger partial charge in [0.15, 0.2) is 12.4 Å². The number of ether oxygens (including phenoxy) is 1. The number of nitro groups is 1. The van der Waals surface area contributed by atoms with E-state index in [2.05, 4.69) is 24.4 Å². The molecule has 0 unspecified atom stereocenters. The fourth-order valence-corrected chi connectivity index (χ4v) is 2.05. The number of para-hydroxylation sites is 2. The lowest BCUT2D eigenvalue weighted by Crippen LogP contribution is -2.24. The lowest BCUT2D eigenvalue weighted by atomic mass is 10.0. The normalized spacial score (nSPS) is 10.8. The van der Waals surface area contributed by atoms with E-state index in [1.54, 1.807) is 6.07 Å². The minimum absolute atomic E-state index is 0.0379. The predicted molar refractivity (Wildman–Crippen MR) is 94.9 cm³/mol. The average Bonchev–Trinajstić information content (AvgIpc) is 2.60. The molecular formula is C18H19N3O4. The molecule has 0 atom stereocenters. The maximum Gasteiger partial charge on any atom is 0.310 e. The van der Waals surface area contributed by atoms with Gasteiger partial charge in [0.1, 0.15) is 0 Å². The van der Waals surface area contributed by atoms with Crippen LogP contribution in [0, 0.1) is 10.1 Å². The second-order valence-corrected chi connectivity index (χ2v) is 5.63. The summed E-state index contributed by atoms with van der Waals surface area (Å²) in [6, 6.07) is 13.7. The minimum Gasteiger partial charge on any atom is -0.477 e. The molecule has 7 heteroatoms. The Morgan fingerprint density at radius 2 is 1.92 bits per heavy atom. The molecule has 1 amide bonds. The number of nitrogens with one attached hydrogen (secondary N) is 1. The van der Waals surface area contributed by atoms with Crippen molar-refractivity contribution in [3.05, 3.63) is 69.8 Å². The van der Waals surface area contributed by atoms with Crippen molar-refractivity contribution in [3.8, 4) is 5.75 Å². The van der Waals surface area contributed by atoms with Crippen LogP contribution in [0.15, 0.2) is 53.6 Å². The first-order valence-corrected chi connectivity index (χ1v) is 7.75. The molecule has 130 valence electrons. The second-order valence-electron chi connectivity index (χ2n) is 5.63. The number of hydrogen-bond donors (Lipinski definition) is 1. The SMILES string of the molecule is CC(C)c1ccc(/C=N/NC(=O)COc2ccccc2[N+](=O)[O-])cc1. The Hall–Kier alpha value is -3.22. The van der Waals surface area contributed by atoms with Crippen molar-refractivity contribution in [1.82, 2.24) is 5.43 Å². The first kappa shape index (κ1) is 18.1. The molecule has 0 radical (unpaired) electrons. The van der Waals surface area contributed by atoms with Gasteiger partial charge in [0.2, 0.25) is 0 Å². The summed E-state index contributed by atoms with van der Waals surface area (Å²) < 4.78 is 5.18. The summed E-state index contributed by atoms with van der Waals surface area (Å²) in [7, 11) is 0. The second kappa shape index (κ2) is 8.58. The van der Waals surface area contributed by atoms with Gasteiger partial charge in [0.25, 0.3) is 5.91 Å². The molecule has 1 N–H and O–H groups in total. The van der Waals surface area contributed by atoms with E-state index >= 15 is 0 Å². The van der Waals surface area contributed by atoms with Crippen LogP contribution in [-0.4, -0.2) is 23.7 Å². The quantitative estimate of drug-likeness (QED) is 0.475. The molecule has 7 nitrogen and oxygen atoms in total. The molecule has 0 aliphatic heterocycles. The zero-order chi connectivity index (χ0) is 18.2. The van der Waals surface area contributed by atoms with E-state index in [0.29, 0.717) is 5.92 Å². The van der Waals surface area contributed by atoms with Gasteiger partial charge in [0.05, 0.1) is 11.1 Å². The van der Waals surface area contributed by atoms with Gasteiger partial charge in [-0.15, -0.1) is 0 Å². The highest BCUT2D eigenvalue weighted by Crippen LogP contribution is 2.25. The third-order valence-electron chi connectivity index (χ3n) is 3.43. The Kier molecular flexibility index (Phi) is 6.22. The van der Waals surface area contributed by atoms with Gasteiger partial charge in [-0.3, -0.25) is 14.9 Å². The van der Waals surface area contributed by atoms with E-state index in [0.717, 1.165) is 5.56 Å². The Morgan fingerprint density at radius 1 is 1.24 bits per heavy atom. The van der Waals surface area contributed by atoms with Crippen LogP contribution in [0.5, 0.6) is 5.75 Å². The van der Waals surface area contributed by atoms with Crippen molar-refractivity contribution in [3.63, 3.8) is 0 Å². The highest BCUT2D eigenvalue weighted by Gasteiger charge is 2.14. The topological polar surface area (TPSA) is 93.8 Å². The summed E-state index contributed by atoms with van der Waals surface area (Å²) in [6.45, 7) is 3.86. The number of amides is 1. The van der Waals surface area contributed by atoms with Crippen molar-refractivity contribution < 1.29 is 14.5 Å². The fourth-order valence-electron chi connectivity index (χ4n) is 2.05. The Balaban J connectivity index is 1.85. The molecule has 2 rings (SSSR count). The van der Waals surface area contributed by atoms with Crippen molar-refractivity contribution in [2.45, 2.75) is 19.8 Å². The number of nitro benzene ring substituents is 1. The Labute approximate surface area is 145 Å². The molecule has 0 aromatic heterocycles. The van der Waals surface area contributed by atoms with E-state index in [4.69, 9.17) is 4.74 Å². The maximum absolute atomic E-state index is 11.7. The van der Waals surface area contributed by atoms with Crippen molar-refractivity contribution >= 4 is 17.8 Å². The van der Waals surface area contributed by atoms with Crippen LogP contribution in [0.25, 0.3) is 0 Å². The predicted octanol–water partition coefficient (Wildman–Crippen LogP) is 3.25. The third-order valence-corrected chi connectivity index (χ3v) is 3.43. The number of nitrogens with zero attached hydrogens (tertiary/aromatic N) is 2.